The Labute approximate surface area is 125 Å². The monoisotopic (exact) mass is 294 g/mol. The first-order chi connectivity index (χ1) is 10.1. The maximum absolute atomic E-state index is 13.3. The van der Waals surface area contributed by atoms with Crippen LogP contribution in [0, 0.1) is 5.92 Å². The summed E-state index contributed by atoms with van der Waals surface area (Å²) in [5, 5.41) is 0. The van der Waals surface area contributed by atoms with Gasteiger partial charge in [0.1, 0.15) is 5.83 Å². The molecule has 5 heteroatoms. The Morgan fingerprint density at radius 1 is 1.24 bits per heavy atom. The number of hydrogen-bond acceptors (Lipinski definition) is 2. The van der Waals surface area contributed by atoms with Gasteiger partial charge in [0.15, 0.2) is 0 Å². The molecule has 1 atom stereocenters. The van der Waals surface area contributed by atoms with Gasteiger partial charge in [-0.25, -0.2) is 4.39 Å². The van der Waals surface area contributed by atoms with Gasteiger partial charge in [-0.3, -0.25) is 9.59 Å². The SMILES string of the molecule is O=C([C@@H]1CC(=O)N(C2CCCCC2)C1)N1CCC=C(F)C1. The molecule has 1 saturated heterocycles. The Bertz CT molecular complexity index is 457. The van der Waals surface area contributed by atoms with Crippen LogP contribution in [0.1, 0.15) is 44.9 Å². The van der Waals surface area contributed by atoms with Crippen molar-refractivity contribution in [3.05, 3.63) is 11.9 Å². The van der Waals surface area contributed by atoms with Crippen molar-refractivity contribution in [3.63, 3.8) is 0 Å². The lowest BCUT2D eigenvalue weighted by molar-refractivity contribution is -0.135. The van der Waals surface area contributed by atoms with Crippen LogP contribution in [-0.4, -0.2) is 47.3 Å². The zero-order chi connectivity index (χ0) is 14.8. The standard InChI is InChI=1S/C16H23FN2O2/c17-13-5-4-8-18(11-13)16(21)12-9-15(20)19(10-12)14-6-2-1-3-7-14/h5,12,14H,1-4,6-11H2/t12-/m1/s1. The second-order valence-corrected chi connectivity index (χ2v) is 6.44. The minimum absolute atomic E-state index is 0.0510. The first-order valence-electron chi connectivity index (χ1n) is 8.08. The Balaban J connectivity index is 1.61. The topological polar surface area (TPSA) is 40.6 Å². The van der Waals surface area contributed by atoms with Crippen LogP contribution >= 0.6 is 0 Å². The molecule has 2 fully saturated rings. The molecule has 0 aromatic rings. The lowest BCUT2D eigenvalue weighted by Gasteiger charge is -2.32. The van der Waals surface area contributed by atoms with Gasteiger partial charge in [-0.15, -0.1) is 0 Å². The molecule has 2 heterocycles. The van der Waals surface area contributed by atoms with Crippen molar-refractivity contribution in [2.75, 3.05) is 19.6 Å². The quantitative estimate of drug-likeness (QED) is 0.784. The van der Waals surface area contributed by atoms with Crippen LogP contribution in [-0.2, 0) is 9.59 Å². The second kappa shape index (κ2) is 6.16. The van der Waals surface area contributed by atoms with E-state index in [0.29, 0.717) is 32.0 Å². The summed E-state index contributed by atoms with van der Waals surface area (Å²) < 4.78 is 13.3. The van der Waals surface area contributed by atoms with Gasteiger partial charge < -0.3 is 9.80 Å². The number of hydrogen-bond donors (Lipinski definition) is 0. The fourth-order valence-corrected chi connectivity index (χ4v) is 3.79. The summed E-state index contributed by atoms with van der Waals surface area (Å²) >= 11 is 0. The first-order valence-corrected chi connectivity index (χ1v) is 8.08. The molecule has 0 spiro atoms. The van der Waals surface area contributed by atoms with Crippen LogP contribution < -0.4 is 0 Å². The number of carbonyl (C=O) groups is 2. The van der Waals surface area contributed by atoms with Crippen LogP contribution in [0.2, 0.25) is 0 Å². The van der Waals surface area contributed by atoms with Crippen LogP contribution in [0.15, 0.2) is 11.9 Å². The van der Waals surface area contributed by atoms with Gasteiger partial charge in [0.05, 0.1) is 12.5 Å². The van der Waals surface area contributed by atoms with Crippen molar-refractivity contribution in [2.24, 2.45) is 5.92 Å². The fraction of sp³-hybridized carbons (Fsp3) is 0.750. The van der Waals surface area contributed by atoms with Gasteiger partial charge in [-0.2, -0.15) is 0 Å². The van der Waals surface area contributed by atoms with Crippen molar-refractivity contribution >= 4 is 11.8 Å². The van der Waals surface area contributed by atoms with E-state index in [1.807, 2.05) is 4.90 Å². The highest BCUT2D eigenvalue weighted by Crippen LogP contribution is 2.29. The molecule has 0 N–H and O–H groups in total. The highest BCUT2D eigenvalue weighted by Gasteiger charge is 2.39. The van der Waals surface area contributed by atoms with Crippen LogP contribution in [0.5, 0.6) is 0 Å². The molecule has 0 aromatic carbocycles. The molecule has 21 heavy (non-hydrogen) atoms. The molecule has 0 radical (unpaired) electrons. The summed E-state index contributed by atoms with van der Waals surface area (Å²) in [6, 6.07) is 0.321. The van der Waals surface area contributed by atoms with Crippen molar-refractivity contribution in [3.8, 4) is 0 Å². The van der Waals surface area contributed by atoms with Crippen molar-refractivity contribution in [1.29, 1.82) is 0 Å². The van der Waals surface area contributed by atoms with E-state index in [9.17, 15) is 14.0 Å². The minimum Gasteiger partial charge on any atom is -0.339 e. The lowest BCUT2D eigenvalue weighted by atomic mass is 9.94. The van der Waals surface area contributed by atoms with Crippen molar-refractivity contribution in [2.45, 2.75) is 51.0 Å². The Morgan fingerprint density at radius 3 is 2.71 bits per heavy atom. The van der Waals surface area contributed by atoms with Crippen molar-refractivity contribution < 1.29 is 14.0 Å². The maximum Gasteiger partial charge on any atom is 0.228 e. The number of likely N-dealkylation sites (tertiary alicyclic amines) is 1. The van der Waals surface area contributed by atoms with E-state index in [1.54, 1.807) is 4.90 Å². The molecule has 2 amide bonds. The van der Waals surface area contributed by atoms with E-state index in [-0.39, 0.29) is 30.1 Å². The third-order valence-corrected chi connectivity index (χ3v) is 4.94. The van der Waals surface area contributed by atoms with E-state index >= 15 is 0 Å². The molecule has 3 aliphatic rings. The lowest BCUT2D eigenvalue weighted by Crippen LogP contribution is -2.42. The number of carbonyl (C=O) groups excluding carboxylic acids is 2. The molecular formula is C16H23FN2O2. The summed E-state index contributed by atoms with van der Waals surface area (Å²) in [6.07, 6.45) is 8.14. The highest BCUT2D eigenvalue weighted by atomic mass is 19.1. The Kier molecular flexibility index (Phi) is 4.27. The molecule has 116 valence electrons. The van der Waals surface area contributed by atoms with E-state index in [4.69, 9.17) is 0 Å². The first kappa shape index (κ1) is 14.5. The van der Waals surface area contributed by atoms with Crippen LogP contribution in [0.3, 0.4) is 0 Å². The van der Waals surface area contributed by atoms with E-state index in [1.165, 1.54) is 25.3 Å². The van der Waals surface area contributed by atoms with E-state index in [0.717, 1.165) is 12.8 Å². The average Bonchev–Trinajstić information content (AvgIpc) is 2.89. The third-order valence-electron chi connectivity index (χ3n) is 4.94. The molecule has 0 bridgehead atoms. The summed E-state index contributed by atoms with van der Waals surface area (Å²) in [7, 11) is 0. The minimum atomic E-state index is -0.273. The van der Waals surface area contributed by atoms with Gasteiger partial charge in [-0.05, 0) is 25.3 Å². The predicted octanol–water partition coefficient (Wildman–Crippen LogP) is 2.25. The molecular weight excluding hydrogens is 271 g/mol. The highest BCUT2D eigenvalue weighted by molar-refractivity contribution is 5.89. The summed E-state index contributed by atoms with van der Waals surface area (Å²) in [4.78, 5) is 28.2. The zero-order valence-corrected chi connectivity index (χ0v) is 12.4. The summed E-state index contributed by atoms with van der Waals surface area (Å²) in [5.74, 6) is -0.452. The fourth-order valence-electron chi connectivity index (χ4n) is 3.79. The largest absolute Gasteiger partial charge is 0.339 e. The maximum atomic E-state index is 13.3. The molecule has 1 aliphatic carbocycles. The molecule has 2 aliphatic heterocycles. The molecule has 4 nitrogen and oxygen atoms in total. The van der Waals surface area contributed by atoms with Gasteiger partial charge in [0, 0.05) is 25.6 Å². The van der Waals surface area contributed by atoms with Gasteiger partial charge in [0.2, 0.25) is 11.8 Å². The van der Waals surface area contributed by atoms with Gasteiger partial charge in [-0.1, -0.05) is 19.3 Å². The zero-order valence-electron chi connectivity index (χ0n) is 12.4. The number of rotatable bonds is 2. The van der Waals surface area contributed by atoms with Gasteiger partial charge >= 0.3 is 0 Å². The van der Waals surface area contributed by atoms with E-state index in [2.05, 4.69) is 0 Å². The van der Waals surface area contributed by atoms with Gasteiger partial charge in [0.25, 0.3) is 0 Å². The summed E-state index contributed by atoms with van der Waals surface area (Å²) in [5.41, 5.74) is 0. The molecule has 0 aromatic heterocycles. The molecule has 0 unspecified atom stereocenters. The number of nitrogens with zero attached hydrogens (tertiary/aromatic N) is 2. The summed E-state index contributed by atoms with van der Waals surface area (Å²) in [6.45, 7) is 1.18. The third kappa shape index (κ3) is 3.11. The van der Waals surface area contributed by atoms with Crippen LogP contribution in [0.25, 0.3) is 0 Å². The van der Waals surface area contributed by atoms with Crippen molar-refractivity contribution in [1.82, 2.24) is 9.80 Å². The Hall–Kier alpha value is -1.39. The smallest absolute Gasteiger partial charge is 0.228 e. The number of amides is 2. The average molecular weight is 294 g/mol. The molecule has 1 saturated carbocycles. The van der Waals surface area contributed by atoms with Crippen LogP contribution in [0.4, 0.5) is 4.39 Å². The Morgan fingerprint density at radius 2 is 2.00 bits per heavy atom. The number of halogens is 1. The normalized spacial score (nSPS) is 28.0. The van der Waals surface area contributed by atoms with E-state index < -0.39 is 0 Å². The predicted molar refractivity (Wildman–Crippen MR) is 77.1 cm³/mol. The second-order valence-electron chi connectivity index (χ2n) is 6.44. The molecule has 3 rings (SSSR count).